The average molecular weight is 258 g/mol. The van der Waals surface area contributed by atoms with Crippen molar-refractivity contribution in [1.29, 1.82) is 0 Å². The van der Waals surface area contributed by atoms with Gasteiger partial charge in [0.05, 0.1) is 11.2 Å². The number of nitrogens with one attached hydrogen (secondary N) is 1. The van der Waals surface area contributed by atoms with Gasteiger partial charge >= 0.3 is 5.97 Å². The number of fused-ring (bicyclic) bond motifs is 1. The number of carboxylic acid groups (broad SMARTS) is 1. The normalized spacial score (nSPS) is 10.5. The van der Waals surface area contributed by atoms with E-state index in [0.717, 1.165) is 42.4 Å². The number of pyridine rings is 1. The molecule has 0 fully saturated rings. The van der Waals surface area contributed by atoms with E-state index in [9.17, 15) is 4.79 Å². The van der Waals surface area contributed by atoms with Crippen LogP contribution in [0.3, 0.4) is 0 Å². The highest BCUT2D eigenvalue weighted by atomic mass is 16.4. The van der Waals surface area contributed by atoms with Gasteiger partial charge in [-0.3, -0.25) is 9.78 Å². The Bertz CT molecular complexity index is 549. The zero-order valence-electron chi connectivity index (χ0n) is 10.8. The Hall–Kier alpha value is -2.10. The predicted molar refractivity (Wildman–Crippen MR) is 76.3 cm³/mol. The van der Waals surface area contributed by atoms with Crippen molar-refractivity contribution in [2.24, 2.45) is 0 Å². The zero-order valence-corrected chi connectivity index (χ0v) is 10.8. The molecule has 100 valence electrons. The second kappa shape index (κ2) is 6.73. The van der Waals surface area contributed by atoms with Gasteiger partial charge in [-0.1, -0.05) is 24.6 Å². The van der Waals surface area contributed by atoms with Crippen LogP contribution in [0.15, 0.2) is 36.5 Å². The molecule has 0 unspecified atom stereocenters. The Kier molecular flexibility index (Phi) is 4.72. The van der Waals surface area contributed by atoms with Crippen LogP contribution >= 0.6 is 0 Å². The van der Waals surface area contributed by atoms with Gasteiger partial charge in [-0.05, 0) is 25.0 Å². The van der Waals surface area contributed by atoms with Crippen LogP contribution in [0.2, 0.25) is 0 Å². The molecule has 0 bridgehead atoms. The lowest BCUT2D eigenvalue weighted by Gasteiger charge is -2.08. The maximum absolute atomic E-state index is 10.4. The van der Waals surface area contributed by atoms with Crippen molar-refractivity contribution >= 4 is 22.6 Å². The van der Waals surface area contributed by atoms with E-state index in [1.165, 1.54) is 0 Å². The van der Waals surface area contributed by atoms with E-state index in [4.69, 9.17) is 5.11 Å². The minimum Gasteiger partial charge on any atom is -0.481 e. The van der Waals surface area contributed by atoms with Crippen LogP contribution in [-0.4, -0.2) is 22.6 Å². The first-order valence-electron chi connectivity index (χ1n) is 6.57. The van der Waals surface area contributed by atoms with E-state index in [1.807, 2.05) is 30.3 Å². The molecule has 0 aliphatic heterocycles. The topological polar surface area (TPSA) is 62.2 Å². The van der Waals surface area contributed by atoms with Gasteiger partial charge in [-0.2, -0.15) is 0 Å². The Morgan fingerprint density at radius 2 is 2.00 bits per heavy atom. The van der Waals surface area contributed by atoms with Crippen molar-refractivity contribution in [2.45, 2.75) is 25.7 Å². The zero-order chi connectivity index (χ0) is 13.5. The van der Waals surface area contributed by atoms with Crippen LogP contribution < -0.4 is 5.32 Å². The lowest BCUT2D eigenvalue weighted by atomic mass is 10.1. The second-order valence-corrected chi connectivity index (χ2v) is 4.51. The summed E-state index contributed by atoms with van der Waals surface area (Å²) in [7, 11) is 0. The summed E-state index contributed by atoms with van der Waals surface area (Å²) in [5.41, 5.74) is 2.02. The van der Waals surface area contributed by atoms with Gasteiger partial charge < -0.3 is 10.4 Å². The molecule has 1 aromatic heterocycles. The van der Waals surface area contributed by atoms with Crippen LogP contribution in [0, 0.1) is 0 Å². The molecule has 0 spiro atoms. The van der Waals surface area contributed by atoms with Crippen molar-refractivity contribution in [1.82, 2.24) is 4.98 Å². The average Bonchev–Trinajstić information content (AvgIpc) is 2.42. The van der Waals surface area contributed by atoms with Crippen LogP contribution in [-0.2, 0) is 4.79 Å². The van der Waals surface area contributed by atoms with Gasteiger partial charge in [0.2, 0.25) is 0 Å². The number of rotatable bonds is 7. The van der Waals surface area contributed by atoms with Gasteiger partial charge in [0.1, 0.15) is 0 Å². The minimum atomic E-state index is -0.716. The molecule has 2 N–H and O–H groups in total. The lowest BCUT2D eigenvalue weighted by molar-refractivity contribution is -0.137. The fourth-order valence-electron chi connectivity index (χ4n) is 2.05. The molecule has 19 heavy (non-hydrogen) atoms. The number of hydrogen-bond acceptors (Lipinski definition) is 3. The molecule has 0 saturated carbocycles. The number of unbranched alkanes of at least 4 members (excludes halogenated alkanes) is 2. The fourth-order valence-corrected chi connectivity index (χ4v) is 2.05. The number of carbonyl (C=O) groups is 1. The van der Waals surface area contributed by atoms with E-state index in [0.29, 0.717) is 0 Å². The monoisotopic (exact) mass is 258 g/mol. The lowest BCUT2D eigenvalue weighted by Crippen LogP contribution is -2.03. The largest absolute Gasteiger partial charge is 0.481 e. The number of aliphatic carboxylic acids is 1. The summed E-state index contributed by atoms with van der Waals surface area (Å²) < 4.78 is 0. The number of benzene rings is 1. The van der Waals surface area contributed by atoms with Crippen molar-refractivity contribution < 1.29 is 9.90 Å². The number of anilines is 1. The molecule has 0 radical (unpaired) electrons. The number of aromatic nitrogens is 1. The summed E-state index contributed by atoms with van der Waals surface area (Å²) in [5.74, 6) is -0.716. The maximum atomic E-state index is 10.4. The van der Waals surface area contributed by atoms with Crippen molar-refractivity contribution in [3.8, 4) is 0 Å². The number of nitrogens with zero attached hydrogens (tertiary/aromatic N) is 1. The molecular weight excluding hydrogens is 240 g/mol. The second-order valence-electron chi connectivity index (χ2n) is 4.51. The number of para-hydroxylation sites is 1. The molecule has 2 rings (SSSR count). The molecule has 4 nitrogen and oxygen atoms in total. The van der Waals surface area contributed by atoms with Crippen LogP contribution in [0.25, 0.3) is 10.9 Å². The third-order valence-corrected chi connectivity index (χ3v) is 3.02. The highest BCUT2D eigenvalue weighted by Crippen LogP contribution is 2.20. The minimum absolute atomic E-state index is 0.260. The molecule has 0 atom stereocenters. The standard InChI is InChI=1S/C15H18N2O2/c18-14(19)9-2-1-3-10-16-13-8-4-6-12-7-5-11-17-15(12)13/h4-8,11,16H,1-3,9-10H2,(H,18,19). The highest BCUT2D eigenvalue weighted by Gasteiger charge is 2.01. The summed E-state index contributed by atoms with van der Waals surface area (Å²) in [5, 5.41) is 13.0. The summed E-state index contributed by atoms with van der Waals surface area (Å²) in [6.07, 6.45) is 4.69. The molecule has 0 aliphatic carbocycles. The third-order valence-electron chi connectivity index (χ3n) is 3.02. The molecule has 1 heterocycles. The van der Waals surface area contributed by atoms with E-state index < -0.39 is 5.97 Å². The summed E-state index contributed by atoms with van der Waals surface area (Å²) >= 11 is 0. The predicted octanol–water partition coefficient (Wildman–Crippen LogP) is 3.29. The SMILES string of the molecule is O=C(O)CCCCCNc1cccc2cccnc12. The van der Waals surface area contributed by atoms with E-state index in [2.05, 4.69) is 10.3 Å². The van der Waals surface area contributed by atoms with Gasteiger partial charge in [-0.25, -0.2) is 0 Å². The molecule has 0 amide bonds. The molecule has 4 heteroatoms. The number of hydrogen-bond donors (Lipinski definition) is 2. The first-order valence-corrected chi connectivity index (χ1v) is 6.57. The maximum Gasteiger partial charge on any atom is 0.303 e. The Morgan fingerprint density at radius 1 is 1.16 bits per heavy atom. The Labute approximate surface area is 112 Å². The van der Waals surface area contributed by atoms with E-state index in [1.54, 1.807) is 6.20 Å². The Balaban J connectivity index is 1.83. The van der Waals surface area contributed by atoms with Crippen molar-refractivity contribution in [3.05, 3.63) is 36.5 Å². The molecule has 0 aliphatic rings. The fraction of sp³-hybridized carbons (Fsp3) is 0.333. The van der Waals surface area contributed by atoms with E-state index in [-0.39, 0.29) is 6.42 Å². The first-order chi connectivity index (χ1) is 9.27. The quantitative estimate of drug-likeness (QED) is 0.748. The first kappa shape index (κ1) is 13.3. The van der Waals surface area contributed by atoms with Gasteiger partial charge in [-0.15, -0.1) is 0 Å². The van der Waals surface area contributed by atoms with Crippen LogP contribution in [0.1, 0.15) is 25.7 Å². The Morgan fingerprint density at radius 3 is 2.84 bits per heavy atom. The molecule has 1 aromatic carbocycles. The number of carboxylic acids is 1. The summed E-state index contributed by atoms with van der Waals surface area (Å²) in [4.78, 5) is 14.8. The summed E-state index contributed by atoms with van der Waals surface area (Å²) in [6, 6.07) is 10.0. The molecule has 0 saturated heterocycles. The molecule has 2 aromatic rings. The van der Waals surface area contributed by atoms with Crippen LogP contribution in [0.4, 0.5) is 5.69 Å². The van der Waals surface area contributed by atoms with Gasteiger partial charge in [0.15, 0.2) is 0 Å². The van der Waals surface area contributed by atoms with Crippen molar-refractivity contribution in [2.75, 3.05) is 11.9 Å². The van der Waals surface area contributed by atoms with E-state index >= 15 is 0 Å². The molecular formula is C15H18N2O2. The van der Waals surface area contributed by atoms with Gasteiger partial charge in [0, 0.05) is 24.5 Å². The van der Waals surface area contributed by atoms with Crippen molar-refractivity contribution in [3.63, 3.8) is 0 Å². The highest BCUT2D eigenvalue weighted by molar-refractivity contribution is 5.90. The summed E-state index contributed by atoms with van der Waals surface area (Å²) in [6.45, 7) is 0.843. The van der Waals surface area contributed by atoms with Crippen LogP contribution in [0.5, 0.6) is 0 Å². The smallest absolute Gasteiger partial charge is 0.303 e. The third kappa shape index (κ3) is 3.95. The van der Waals surface area contributed by atoms with Gasteiger partial charge in [0.25, 0.3) is 0 Å².